The lowest BCUT2D eigenvalue weighted by atomic mass is 10.1. The molecule has 2 aromatic rings. The first kappa shape index (κ1) is 18.8. The number of hydrogen-bond acceptors (Lipinski definition) is 5. The molecule has 0 radical (unpaired) electrons. The van der Waals surface area contributed by atoms with Crippen molar-refractivity contribution < 1.29 is 23.5 Å². The van der Waals surface area contributed by atoms with Crippen LogP contribution in [0.5, 0.6) is 5.75 Å². The molecule has 0 atom stereocenters. The van der Waals surface area contributed by atoms with Crippen molar-refractivity contribution in [3.63, 3.8) is 0 Å². The molecule has 1 amide bonds. The Morgan fingerprint density at radius 2 is 1.92 bits per heavy atom. The number of esters is 1. The maximum Gasteiger partial charge on any atom is 0.375 e. The van der Waals surface area contributed by atoms with Gasteiger partial charge in [-0.1, -0.05) is 13.8 Å². The van der Waals surface area contributed by atoms with Crippen molar-refractivity contribution in [2.24, 2.45) is 0 Å². The number of carbonyl (C=O) groups excluding carboxylic acids is 2. The van der Waals surface area contributed by atoms with Gasteiger partial charge < -0.3 is 19.2 Å². The Balaban J connectivity index is 2.06. The molecule has 1 aromatic carbocycles. The highest BCUT2D eigenvalue weighted by Gasteiger charge is 2.21. The largest absolute Gasteiger partial charge is 0.494 e. The van der Waals surface area contributed by atoms with Crippen LogP contribution in [0.3, 0.4) is 0 Å². The van der Waals surface area contributed by atoms with E-state index >= 15 is 0 Å². The van der Waals surface area contributed by atoms with Crippen molar-refractivity contribution in [1.29, 1.82) is 0 Å². The molecule has 0 saturated carbocycles. The van der Waals surface area contributed by atoms with E-state index in [0.717, 1.165) is 18.2 Å². The van der Waals surface area contributed by atoms with Crippen LogP contribution in [-0.4, -0.2) is 31.1 Å². The van der Waals surface area contributed by atoms with Gasteiger partial charge in [0.1, 0.15) is 11.3 Å². The first-order valence-electron chi connectivity index (χ1n) is 8.62. The zero-order valence-corrected chi connectivity index (χ0v) is 15.2. The van der Waals surface area contributed by atoms with Crippen LogP contribution >= 0.6 is 0 Å². The second-order valence-corrected chi connectivity index (χ2v) is 5.80. The van der Waals surface area contributed by atoms with Crippen LogP contribution in [0.4, 0.5) is 0 Å². The third-order valence-corrected chi connectivity index (χ3v) is 4.09. The third kappa shape index (κ3) is 4.53. The van der Waals surface area contributed by atoms with Gasteiger partial charge in [0.15, 0.2) is 6.61 Å². The van der Waals surface area contributed by atoms with Crippen LogP contribution in [0.1, 0.15) is 49.7 Å². The summed E-state index contributed by atoms with van der Waals surface area (Å²) in [5, 5.41) is 3.61. The van der Waals surface area contributed by atoms with Crippen molar-refractivity contribution in [2.45, 2.75) is 46.6 Å². The first-order valence-corrected chi connectivity index (χ1v) is 8.62. The smallest absolute Gasteiger partial charge is 0.375 e. The Labute approximate surface area is 147 Å². The maximum absolute atomic E-state index is 12.2. The SMILES string of the molecule is CCOc1ccc2oc(C(=O)OCC(=O)NC(CC)CC)c(C)c2c1. The number of ether oxygens (including phenoxy) is 2. The molecule has 2 rings (SSSR count). The fourth-order valence-corrected chi connectivity index (χ4v) is 2.61. The fourth-order valence-electron chi connectivity index (χ4n) is 2.61. The number of amides is 1. The number of aryl methyl sites for hydroxylation is 1. The molecule has 0 fully saturated rings. The lowest BCUT2D eigenvalue weighted by molar-refractivity contribution is -0.125. The highest BCUT2D eigenvalue weighted by Crippen LogP contribution is 2.29. The van der Waals surface area contributed by atoms with Crippen LogP contribution in [0.15, 0.2) is 22.6 Å². The molecule has 1 heterocycles. The molecule has 1 N–H and O–H groups in total. The van der Waals surface area contributed by atoms with Gasteiger partial charge in [-0.25, -0.2) is 4.79 Å². The summed E-state index contributed by atoms with van der Waals surface area (Å²) in [6.07, 6.45) is 1.67. The minimum absolute atomic E-state index is 0.0936. The Hall–Kier alpha value is -2.50. The first-order chi connectivity index (χ1) is 12.0. The zero-order valence-electron chi connectivity index (χ0n) is 15.2. The molecular formula is C19H25NO5. The quantitative estimate of drug-likeness (QED) is 0.738. The van der Waals surface area contributed by atoms with Gasteiger partial charge in [-0.3, -0.25) is 4.79 Å². The van der Waals surface area contributed by atoms with Crippen LogP contribution in [0.25, 0.3) is 11.0 Å². The summed E-state index contributed by atoms with van der Waals surface area (Å²) in [5.41, 5.74) is 1.25. The van der Waals surface area contributed by atoms with Crippen LogP contribution < -0.4 is 10.1 Å². The van der Waals surface area contributed by atoms with Gasteiger partial charge >= 0.3 is 5.97 Å². The minimum atomic E-state index is -0.647. The summed E-state index contributed by atoms with van der Waals surface area (Å²) < 4.78 is 16.1. The summed E-state index contributed by atoms with van der Waals surface area (Å²) >= 11 is 0. The van der Waals surface area contributed by atoms with Gasteiger partial charge in [0, 0.05) is 17.0 Å². The van der Waals surface area contributed by atoms with Crippen molar-refractivity contribution in [3.8, 4) is 5.75 Å². The molecule has 0 aliphatic heterocycles. The van der Waals surface area contributed by atoms with E-state index in [4.69, 9.17) is 13.9 Å². The van der Waals surface area contributed by atoms with Crippen molar-refractivity contribution in [3.05, 3.63) is 29.5 Å². The standard InChI is InChI=1S/C19H25NO5/c1-5-13(6-2)20-17(21)11-24-19(22)18-12(4)15-10-14(23-7-3)8-9-16(15)25-18/h8-10,13H,5-7,11H2,1-4H3,(H,20,21). The highest BCUT2D eigenvalue weighted by molar-refractivity contribution is 5.97. The molecule has 0 aliphatic rings. The van der Waals surface area contributed by atoms with Crippen molar-refractivity contribution in [1.82, 2.24) is 5.32 Å². The molecule has 0 aliphatic carbocycles. The zero-order chi connectivity index (χ0) is 18.4. The second-order valence-electron chi connectivity index (χ2n) is 5.80. The number of furan rings is 1. The molecule has 25 heavy (non-hydrogen) atoms. The minimum Gasteiger partial charge on any atom is -0.494 e. The summed E-state index contributed by atoms with van der Waals surface area (Å²) in [6.45, 7) is 7.91. The summed E-state index contributed by atoms with van der Waals surface area (Å²) in [5.74, 6) is -0.136. The van der Waals surface area contributed by atoms with E-state index in [1.807, 2.05) is 26.8 Å². The molecule has 0 spiro atoms. The number of rotatable bonds is 8. The molecule has 0 saturated heterocycles. The van der Waals surface area contributed by atoms with Gasteiger partial charge in [0.2, 0.25) is 5.76 Å². The topological polar surface area (TPSA) is 77.8 Å². The second kappa shape index (κ2) is 8.55. The third-order valence-electron chi connectivity index (χ3n) is 4.09. The predicted molar refractivity (Wildman–Crippen MR) is 94.9 cm³/mol. The van der Waals surface area contributed by atoms with Crippen molar-refractivity contribution >= 4 is 22.8 Å². The maximum atomic E-state index is 12.2. The van der Waals surface area contributed by atoms with E-state index in [1.54, 1.807) is 19.1 Å². The average Bonchev–Trinajstić information content (AvgIpc) is 2.94. The van der Waals surface area contributed by atoms with Crippen molar-refractivity contribution in [2.75, 3.05) is 13.2 Å². The highest BCUT2D eigenvalue weighted by atomic mass is 16.5. The molecule has 0 unspecified atom stereocenters. The Morgan fingerprint density at radius 1 is 1.20 bits per heavy atom. The monoisotopic (exact) mass is 347 g/mol. The van der Waals surface area contributed by atoms with E-state index < -0.39 is 5.97 Å². The van der Waals surface area contributed by atoms with E-state index in [2.05, 4.69) is 5.32 Å². The number of carbonyl (C=O) groups is 2. The van der Waals surface area contributed by atoms with Gasteiger partial charge in [-0.15, -0.1) is 0 Å². The van der Waals surface area contributed by atoms with E-state index in [1.165, 1.54) is 0 Å². The van der Waals surface area contributed by atoms with Gasteiger partial charge in [-0.05, 0) is 44.9 Å². The Kier molecular flexibility index (Phi) is 6.44. The predicted octanol–water partition coefficient (Wildman–Crippen LogP) is 3.60. The number of nitrogens with one attached hydrogen (secondary N) is 1. The number of benzene rings is 1. The number of hydrogen-bond donors (Lipinski definition) is 1. The molecule has 1 aromatic heterocycles. The van der Waals surface area contributed by atoms with Gasteiger partial charge in [0.05, 0.1) is 6.61 Å². The molecule has 136 valence electrons. The van der Waals surface area contributed by atoms with E-state index in [9.17, 15) is 9.59 Å². The van der Waals surface area contributed by atoms with E-state index in [-0.39, 0.29) is 24.3 Å². The molecule has 0 bridgehead atoms. The average molecular weight is 347 g/mol. The summed E-state index contributed by atoms with van der Waals surface area (Å²) in [7, 11) is 0. The van der Waals surface area contributed by atoms with Crippen LogP contribution in [-0.2, 0) is 9.53 Å². The Morgan fingerprint density at radius 3 is 2.56 bits per heavy atom. The Bertz CT molecular complexity index is 746. The van der Waals surface area contributed by atoms with E-state index in [0.29, 0.717) is 23.5 Å². The van der Waals surface area contributed by atoms with Crippen LogP contribution in [0, 0.1) is 6.92 Å². The summed E-state index contributed by atoms with van der Waals surface area (Å²) in [6, 6.07) is 5.46. The lowest BCUT2D eigenvalue weighted by Gasteiger charge is -2.14. The van der Waals surface area contributed by atoms with Gasteiger partial charge in [0.25, 0.3) is 5.91 Å². The molecule has 6 heteroatoms. The van der Waals surface area contributed by atoms with Crippen LogP contribution in [0.2, 0.25) is 0 Å². The van der Waals surface area contributed by atoms with Gasteiger partial charge in [-0.2, -0.15) is 0 Å². The normalized spacial score (nSPS) is 10.9. The fraction of sp³-hybridized carbons (Fsp3) is 0.474. The lowest BCUT2D eigenvalue weighted by Crippen LogP contribution is -2.36. The summed E-state index contributed by atoms with van der Waals surface area (Å²) in [4.78, 5) is 24.1. The molecule has 6 nitrogen and oxygen atoms in total. The number of fused-ring (bicyclic) bond motifs is 1. The molecular weight excluding hydrogens is 322 g/mol.